The number of piperazine rings is 1. The standard InChI is InChI=1S/C19H20ClFN2O3S2/c20-15-5-7-16(8-6-15)28(25,26)23-12-10-22(11-13-23)19(24)9-14-27-18-4-2-1-3-17(18)21/h1-8H,9-14H2. The number of hydrogen-bond acceptors (Lipinski definition) is 4. The van der Waals surface area contributed by atoms with E-state index in [9.17, 15) is 17.6 Å². The number of carbonyl (C=O) groups is 1. The molecule has 0 saturated carbocycles. The quantitative estimate of drug-likeness (QED) is 0.642. The fourth-order valence-corrected chi connectivity index (χ4v) is 5.33. The molecular weight excluding hydrogens is 423 g/mol. The second-order valence-electron chi connectivity index (χ2n) is 6.27. The van der Waals surface area contributed by atoms with E-state index in [4.69, 9.17) is 11.6 Å². The van der Waals surface area contributed by atoms with Gasteiger partial charge in [0.15, 0.2) is 0 Å². The minimum Gasteiger partial charge on any atom is -0.340 e. The van der Waals surface area contributed by atoms with Crippen LogP contribution in [0.25, 0.3) is 0 Å². The lowest BCUT2D eigenvalue weighted by Crippen LogP contribution is -2.50. The van der Waals surface area contributed by atoms with Crippen molar-refractivity contribution in [2.45, 2.75) is 16.2 Å². The van der Waals surface area contributed by atoms with Gasteiger partial charge in [0.1, 0.15) is 5.82 Å². The predicted octanol–water partition coefficient (Wildman–Crippen LogP) is 3.49. The van der Waals surface area contributed by atoms with Crippen molar-refractivity contribution in [2.75, 3.05) is 31.9 Å². The lowest BCUT2D eigenvalue weighted by Gasteiger charge is -2.34. The van der Waals surface area contributed by atoms with Crippen LogP contribution in [0, 0.1) is 5.82 Å². The van der Waals surface area contributed by atoms with Crippen LogP contribution in [-0.2, 0) is 14.8 Å². The normalized spacial score (nSPS) is 15.6. The van der Waals surface area contributed by atoms with Crippen molar-refractivity contribution in [1.82, 2.24) is 9.21 Å². The largest absolute Gasteiger partial charge is 0.340 e. The van der Waals surface area contributed by atoms with E-state index in [1.165, 1.54) is 34.3 Å². The third-order valence-corrected chi connectivity index (χ3v) is 7.67. The van der Waals surface area contributed by atoms with Crippen LogP contribution in [-0.4, -0.2) is 55.5 Å². The topological polar surface area (TPSA) is 57.7 Å². The number of halogens is 2. The number of sulfonamides is 1. The maximum Gasteiger partial charge on any atom is 0.243 e. The molecule has 28 heavy (non-hydrogen) atoms. The fraction of sp³-hybridized carbons (Fsp3) is 0.316. The van der Waals surface area contributed by atoms with Crippen LogP contribution in [0.4, 0.5) is 4.39 Å². The first-order valence-corrected chi connectivity index (χ1v) is 11.6. The van der Waals surface area contributed by atoms with Gasteiger partial charge in [-0.05, 0) is 36.4 Å². The molecule has 150 valence electrons. The molecule has 1 aliphatic rings. The van der Waals surface area contributed by atoms with E-state index >= 15 is 0 Å². The summed E-state index contributed by atoms with van der Waals surface area (Å²) in [6.45, 7) is 1.18. The van der Waals surface area contributed by atoms with Gasteiger partial charge in [-0.15, -0.1) is 11.8 Å². The van der Waals surface area contributed by atoms with E-state index in [-0.39, 0.29) is 36.1 Å². The number of amides is 1. The first-order chi connectivity index (χ1) is 13.4. The molecule has 9 heteroatoms. The van der Waals surface area contributed by atoms with E-state index in [0.717, 1.165) is 0 Å². The molecule has 0 radical (unpaired) electrons. The number of rotatable bonds is 6. The van der Waals surface area contributed by atoms with Gasteiger partial charge in [0, 0.05) is 48.3 Å². The van der Waals surface area contributed by atoms with Gasteiger partial charge in [-0.2, -0.15) is 4.31 Å². The van der Waals surface area contributed by atoms with E-state index in [2.05, 4.69) is 0 Å². The summed E-state index contributed by atoms with van der Waals surface area (Å²) in [4.78, 5) is 14.8. The monoisotopic (exact) mass is 442 g/mol. The first-order valence-electron chi connectivity index (χ1n) is 8.79. The van der Waals surface area contributed by atoms with Gasteiger partial charge in [-0.1, -0.05) is 23.7 Å². The Morgan fingerprint density at radius 3 is 2.32 bits per heavy atom. The molecule has 3 rings (SSSR count). The van der Waals surface area contributed by atoms with Crippen molar-refractivity contribution in [3.05, 3.63) is 59.4 Å². The van der Waals surface area contributed by atoms with E-state index in [1.807, 2.05) is 0 Å². The Bertz CT molecular complexity index is 930. The van der Waals surface area contributed by atoms with Crippen molar-refractivity contribution in [1.29, 1.82) is 0 Å². The average Bonchev–Trinajstić information content (AvgIpc) is 2.70. The molecule has 2 aromatic rings. The molecule has 2 aromatic carbocycles. The van der Waals surface area contributed by atoms with Crippen LogP contribution < -0.4 is 0 Å². The SMILES string of the molecule is O=C(CCSc1ccccc1F)N1CCN(S(=O)(=O)c2ccc(Cl)cc2)CC1. The number of carbonyl (C=O) groups excluding carboxylic acids is 1. The molecule has 0 spiro atoms. The molecule has 1 heterocycles. The van der Waals surface area contributed by atoms with Gasteiger partial charge in [0.05, 0.1) is 4.90 Å². The smallest absolute Gasteiger partial charge is 0.243 e. The minimum absolute atomic E-state index is 0.0487. The summed E-state index contributed by atoms with van der Waals surface area (Å²) in [5.41, 5.74) is 0. The van der Waals surface area contributed by atoms with Crippen LogP contribution in [0.15, 0.2) is 58.3 Å². The lowest BCUT2D eigenvalue weighted by molar-refractivity contribution is -0.131. The van der Waals surface area contributed by atoms with Crippen molar-refractivity contribution in [3.63, 3.8) is 0 Å². The van der Waals surface area contributed by atoms with Crippen LogP contribution in [0.2, 0.25) is 5.02 Å². The molecular formula is C19H20ClFN2O3S2. The Morgan fingerprint density at radius 1 is 1.04 bits per heavy atom. The van der Waals surface area contributed by atoms with Gasteiger partial charge < -0.3 is 4.90 Å². The molecule has 1 aliphatic heterocycles. The highest BCUT2D eigenvalue weighted by molar-refractivity contribution is 7.99. The molecule has 0 aromatic heterocycles. The number of hydrogen-bond donors (Lipinski definition) is 0. The summed E-state index contributed by atoms with van der Waals surface area (Å²) in [6, 6.07) is 12.5. The van der Waals surface area contributed by atoms with Crippen LogP contribution in [0.3, 0.4) is 0 Å². The summed E-state index contributed by atoms with van der Waals surface area (Å²) in [7, 11) is -3.59. The number of nitrogens with zero attached hydrogens (tertiary/aromatic N) is 2. The number of thioether (sulfide) groups is 1. The molecule has 1 saturated heterocycles. The lowest BCUT2D eigenvalue weighted by atomic mass is 10.3. The van der Waals surface area contributed by atoms with Crippen LogP contribution in [0.5, 0.6) is 0 Å². The van der Waals surface area contributed by atoms with Gasteiger partial charge >= 0.3 is 0 Å². The van der Waals surface area contributed by atoms with Gasteiger partial charge in [0.2, 0.25) is 15.9 Å². The zero-order chi connectivity index (χ0) is 20.1. The van der Waals surface area contributed by atoms with Crippen LogP contribution >= 0.6 is 23.4 Å². The summed E-state index contributed by atoms with van der Waals surface area (Å²) in [6.07, 6.45) is 0.281. The fourth-order valence-electron chi connectivity index (χ4n) is 2.90. The molecule has 1 amide bonds. The summed E-state index contributed by atoms with van der Waals surface area (Å²) in [5, 5.41) is 0.475. The van der Waals surface area contributed by atoms with Crippen molar-refractivity contribution < 1.29 is 17.6 Å². The summed E-state index contributed by atoms with van der Waals surface area (Å²) >= 11 is 7.12. The van der Waals surface area contributed by atoms with Crippen molar-refractivity contribution in [2.24, 2.45) is 0 Å². The van der Waals surface area contributed by atoms with Gasteiger partial charge in [-0.25, -0.2) is 12.8 Å². The Morgan fingerprint density at radius 2 is 1.68 bits per heavy atom. The van der Waals surface area contributed by atoms with E-state index in [1.54, 1.807) is 35.2 Å². The second-order valence-corrected chi connectivity index (χ2v) is 9.78. The number of benzene rings is 2. The van der Waals surface area contributed by atoms with E-state index < -0.39 is 10.0 Å². The van der Waals surface area contributed by atoms with Gasteiger partial charge in [-0.3, -0.25) is 4.79 Å². The highest BCUT2D eigenvalue weighted by Gasteiger charge is 2.29. The Labute approximate surface area is 173 Å². The van der Waals surface area contributed by atoms with Crippen molar-refractivity contribution >= 4 is 39.3 Å². The van der Waals surface area contributed by atoms with Gasteiger partial charge in [0.25, 0.3) is 0 Å². The molecule has 5 nitrogen and oxygen atoms in total. The molecule has 0 atom stereocenters. The molecule has 0 N–H and O–H groups in total. The highest BCUT2D eigenvalue weighted by atomic mass is 35.5. The first kappa shape index (κ1) is 21.1. The highest BCUT2D eigenvalue weighted by Crippen LogP contribution is 2.23. The maximum absolute atomic E-state index is 13.6. The zero-order valence-electron chi connectivity index (χ0n) is 15.1. The third kappa shape index (κ3) is 5.05. The Hall–Kier alpha value is -1.61. The average molecular weight is 443 g/mol. The second kappa shape index (κ2) is 9.26. The molecule has 1 fully saturated rings. The molecule has 0 aliphatic carbocycles. The minimum atomic E-state index is -3.59. The van der Waals surface area contributed by atoms with Crippen LogP contribution in [0.1, 0.15) is 6.42 Å². The Kier molecular flexibility index (Phi) is 6.98. The summed E-state index contributed by atoms with van der Waals surface area (Å²) in [5.74, 6) is 0.136. The summed E-state index contributed by atoms with van der Waals surface area (Å²) < 4.78 is 40.3. The molecule has 0 bridgehead atoms. The maximum atomic E-state index is 13.6. The zero-order valence-corrected chi connectivity index (χ0v) is 17.4. The predicted molar refractivity (Wildman–Crippen MR) is 109 cm³/mol. The van der Waals surface area contributed by atoms with Crippen molar-refractivity contribution in [3.8, 4) is 0 Å². The molecule has 0 unspecified atom stereocenters. The van der Waals surface area contributed by atoms with E-state index in [0.29, 0.717) is 28.8 Å². The third-order valence-electron chi connectivity index (χ3n) is 4.45. The Balaban J connectivity index is 1.50.